The zero-order valence-corrected chi connectivity index (χ0v) is 37.3. The summed E-state index contributed by atoms with van der Waals surface area (Å²) in [6, 6.07) is 23.0. The SMILES string of the molecule is CCCCc1ccc(-c2ccc(C(=O)CC[C@@H](C)C(=O)C[C@@H](CCCCN)C(=O)N(C)[C@@H]3C(=O)C[C@@H](C)C(=O)N[C@H](C(C)=O)Cc4ccc(O)c(c4)-c4cc3ccc4O)cc2)cc1. The highest BCUT2D eigenvalue weighted by molar-refractivity contribution is 5.98. The minimum absolute atomic E-state index is 0.0770. The van der Waals surface area contributed by atoms with Crippen molar-refractivity contribution >= 4 is 34.9 Å². The second-order valence-corrected chi connectivity index (χ2v) is 17.3. The number of rotatable bonds is 18. The number of nitrogens with two attached hydrogens (primary N) is 1. The number of likely N-dealkylation sites (N-methyl/N-ethyl adjacent to an activating group) is 1. The summed E-state index contributed by atoms with van der Waals surface area (Å²) < 4.78 is 0. The number of nitrogens with zero attached hydrogens (tertiary/aromatic N) is 1. The number of hydrogen-bond donors (Lipinski definition) is 4. The van der Waals surface area contributed by atoms with E-state index in [1.807, 2.05) is 24.3 Å². The maximum atomic E-state index is 14.6. The van der Waals surface area contributed by atoms with E-state index in [4.69, 9.17) is 5.73 Å². The van der Waals surface area contributed by atoms with E-state index in [0.29, 0.717) is 48.9 Å². The molecule has 334 valence electrons. The Morgan fingerprint density at radius 2 is 1.46 bits per heavy atom. The minimum Gasteiger partial charge on any atom is -0.507 e. The van der Waals surface area contributed by atoms with Gasteiger partial charge in [-0.1, -0.05) is 94.3 Å². The van der Waals surface area contributed by atoms with Crippen molar-refractivity contribution in [1.29, 1.82) is 0 Å². The number of carbonyl (C=O) groups excluding carboxylic acids is 6. The molecule has 0 unspecified atom stereocenters. The molecule has 4 bridgehead atoms. The van der Waals surface area contributed by atoms with E-state index >= 15 is 0 Å². The van der Waals surface area contributed by atoms with Crippen molar-refractivity contribution in [3.8, 4) is 33.8 Å². The summed E-state index contributed by atoms with van der Waals surface area (Å²) in [5, 5.41) is 24.8. The molecule has 0 radical (unpaired) electrons. The number of phenols is 2. The first kappa shape index (κ1) is 48.1. The van der Waals surface area contributed by atoms with Crippen LogP contribution in [0, 0.1) is 17.8 Å². The molecule has 4 aromatic carbocycles. The molecule has 0 saturated carbocycles. The molecule has 0 aromatic heterocycles. The molecule has 0 fully saturated rings. The van der Waals surface area contributed by atoms with Gasteiger partial charge in [-0.2, -0.15) is 0 Å². The van der Waals surface area contributed by atoms with Crippen molar-refractivity contribution in [1.82, 2.24) is 10.2 Å². The Morgan fingerprint density at radius 3 is 2.10 bits per heavy atom. The van der Waals surface area contributed by atoms with Crippen molar-refractivity contribution in [3.63, 3.8) is 0 Å². The van der Waals surface area contributed by atoms with Gasteiger partial charge in [0, 0.05) is 60.8 Å². The van der Waals surface area contributed by atoms with Crippen molar-refractivity contribution in [2.24, 2.45) is 23.5 Å². The molecule has 5 atom stereocenters. The Morgan fingerprint density at radius 1 is 0.825 bits per heavy atom. The largest absolute Gasteiger partial charge is 0.507 e. The van der Waals surface area contributed by atoms with Crippen molar-refractivity contribution < 1.29 is 39.0 Å². The summed E-state index contributed by atoms with van der Waals surface area (Å²) in [6.45, 7) is 7.28. The predicted molar refractivity (Wildman–Crippen MR) is 245 cm³/mol. The van der Waals surface area contributed by atoms with Gasteiger partial charge in [0.05, 0.1) is 6.04 Å². The fraction of sp³-hybridized carbons (Fsp3) is 0.423. The summed E-state index contributed by atoms with van der Waals surface area (Å²) in [7, 11) is 1.49. The van der Waals surface area contributed by atoms with Crippen LogP contribution < -0.4 is 11.1 Å². The molecule has 63 heavy (non-hydrogen) atoms. The number of unbranched alkanes of at least 4 members (excludes halogenated alkanes) is 2. The van der Waals surface area contributed by atoms with E-state index in [1.54, 1.807) is 32.0 Å². The van der Waals surface area contributed by atoms with Gasteiger partial charge in [-0.15, -0.1) is 0 Å². The lowest BCUT2D eigenvalue weighted by Gasteiger charge is -2.32. The third kappa shape index (κ3) is 12.6. The number of nitrogens with one attached hydrogen (secondary N) is 1. The van der Waals surface area contributed by atoms with Gasteiger partial charge in [-0.3, -0.25) is 28.8 Å². The van der Waals surface area contributed by atoms with Crippen LogP contribution in [0.15, 0.2) is 84.9 Å². The highest BCUT2D eigenvalue weighted by Gasteiger charge is 2.36. The van der Waals surface area contributed by atoms with Crippen LogP contribution in [0.5, 0.6) is 11.5 Å². The van der Waals surface area contributed by atoms with Gasteiger partial charge in [0.1, 0.15) is 23.3 Å². The zero-order chi connectivity index (χ0) is 45.8. The number of phenolic OH excluding ortho intramolecular Hbond substituents is 2. The number of carbonyl (C=O) groups is 6. The lowest BCUT2D eigenvalue weighted by atomic mass is 9.86. The fourth-order valence-electron chi connectivity index (χ4n) is 8.30. The summed E-state index contributed by atoms with van der Waals surface area (Å²) in [4.78, 5) is 83.5. The Bertz CT molecular complexity index is 2270. The van der Waals surface area contributed by atoms with Crippen LogP contribution in [0.3, 0.4) is 0 Å². The Balaban J connectivity index is 1.34. The first-order valence-electron chi connectivity index (χ1n) is 22.3. The maximum Gasteiger partial charge on any atom is 0.226 e. The highest BCUT2D eigenvalue weighted by atomic mass is 16.3. The quantitative estimate of drug-likeness (QED) is 0.0563. The van der Waals surface area contributed by atoms with Gasteiger partial charge in [-0.05, 0) is 104 Å². The number of benzene rings is 4. The average molecular weight is 858 g/mol. The molecule has 1 aliphatic heterocycles. The van der Waals surface area contributed by atoms with Crippen LogP contribution in [0.4, 0.5) is 0 Å². The van der Waals surface area contributed by atoms with E-state index < -0.39 is 47.4 Å². The number of aryl methyl sites for hydroxylation is 1. The maximum absolute atomic E-state index is 14.6. The van der Waals surface area contributed by atoms with Crippen LogP contribution in [0.2, 0.25) is 0 Å². The summed E-state index contributed by atoms with van der Waals surface area (Å²) in [6.07, 6.45) is 5.05. The molecular weight excluding hydrogens is 795 g/mol. The minimum atomic E-state index is -1.23. The number of hydrogen-bond acceptors (Lipinski definition) is 9. The van der Waals surface area contributed by atoms with Gasteiger partial charge in [0.25, 0.3) is 0 Å². The van der Waals surface area contributed by atoms with Crippen LogP contribution in [-0.2, 0) is 36.8 Å². The number of aromatic hydroxyl groups is 2. The first-order chi connectivity index (χ1) is 30.1. The van der Waals surface area contributed by atoms with E-state index in [9.17, 15) is 39.0 Å². The Labute approximate surface area is 371 Å². The molecule has 0 saturated heterocycles. The normalized spacial score (nSPS) is 17.5. The van der Waals surface area contributed by atoms with Gasteiger partial charge < -0.3 is 26.2 Å². The topological polar surface area (TPSA) is 184 Å². The Kier molecular flexibility index (Phi) is 17.1. The third-order valence-electron chi connectivity index (χ3n) is 12.4. The molecule has 4 aromatic rings. The molecule has 0 aliphatic carbocycles. The summed E-state index contributed by atoms with van der Waals surface area (Å²) >= 11 is 0. The molecule has 11 nitrogen and oxygen atoms in total. The molecule has 2 amide bonds. The van der Waals surface area contributed by atoms with E-state index in [0.717, 1.165) is 30.4 Å². The molecule has 1 aliphatic rings. The van der Waals surface area contributed by atoms with E-state index in [-0.39, 0.29) is 65.7 Å². The Hall–Kier alpha value is -5.94. The van der Waals surface area contributed by atoms with E-state index in [2.05, 4.69) is 36.5 Å². The molecule has 5 rings (SSSR count). The zero-order valence-electron chi connectivity index (χ0n) is 37.3. The fourth-order valence-corrected chi connectivity index (χ4v) is 8.30. The van der Waals surface area contributed by atoms with Crippen molar-refractivity contribution in [2.75, 3.05) is 13.6 Å². The van der Waals surface area contributed by atoms with Crippen LogP contribution >= 0.6 is 0 Å². The van der Waals surface area contributed by atoms with E-state index in [1.165, 1.54) is 42.6 Å². The van der Waals surface area contributed by atoms with Crippen LogP contribution in [0.25, 0.3) is 22.3 Å². The van der Waals surface area contributed by atoms with Crippen molar-refractivity contribution in [2.45, 2.75) is 110 Å². The lowest BCUT2D eigenvalue weighted by molar-refractivity contribution is -0.144. The molecule has 0 spiro atoms. The average Bonchev–Trinajstić information content (AvgIpc) is 3.27. The molecule has 5 N–H and O–H groups in total. The second kappa shape index (κ2) is 22.4. The van der Waals surface area contributed by atoms with Gasteiger partial charge in [0.2, 0.25) is 11.8 Å². The first-order valence-corrected chi connectivity index (χ1v) is 22.3. The predicted octanol–water partition coefficient (Wildman–Crippen LogP) is 8.50. The molecule has 11 heteroatoms. The van der Waals surface area contributed by atoms with Gasteiger partial charge in [0.15, 0.2) is 17.3 Å². The van der Waals surface area contributed by atoms with Crippen molar-refractivity contribution in [3.05, 3.63) is 107 Å². The monoisotopic (exact) mass is 857 g/mol. The smallest absolute Gasteiger partial charge is 0.226 e. The number of Topliss-reactive ketones (excluding diaryl/α,β-unsaturated/α-hetero) is 4. The lowest BCUT2D eigenvalue weighted by Crippen LogP contribution is -2.45. The number of amides is 2. The summed E-state index contributed by atoms with van der Waals surface area (Å²) in [5.74, 6) is -4.50. The summed E-state index contributed by atoms with van der Waals surface area (Å²) in [5.41, 5.74) is 11.2. The molecular formula is C52H63N3O8. The molecule has 1 heterocycles. The van der Waals surface area contributed by atoms with Gasteiger partial charge in [-0.25, -0.2) is 0 Å². The third-order valence-corrected chi connectivity index (χ3v) is 12.4. The van der Waals surface area contributed by atoms with Crippen LogP contribution in [-0.4, -0.2) is 69.7 Å². The second-order valence-electron chi connectivity index (χ2n) is 17.3. The van der Waals surface area contributed by atoms with Gasteiger partial charge >= 0.3 is 0 Å². The number of ketones is 4. The highest BCUT2D eigenvalue weighted by Crippen LogP contribution is 2.40. The van der Waals surface area contributed by atoms with Crippen LogP contribution in [0.1, 0.15) is 119 Å². The standard InChI is InChI=1S/C52H63N3O8/c1-6-7-10-35-13-16-37(17-14-35)38-18-20-39(21-19-38)45(57)23-12-32(2)48(60)31-41(11-8-9-26-53)52(63)55(5)50-40-22-25-47(59)43(30-40)42-28-36(15-24-46(42)58)29-44(34(4)56)54-51(62)33(3)27-49(50)61/h13-22,24-25,28,30,32-33,41,44,50,58-59H,6-12,23,26-27,29,31,53H2,1-5H3,(H,54,62)/t32-,33-,41-,44+,50+/m1/s1. The number of fused-ring (bicyclic) bond motifs is 5.